The first-order valence-electron chi connectivity index (χ1n) is 7.30. The number of aromatic nitrogens is 1. The summed E-state index contributed by atoms with van der Waals surface area (Å²) in [6, 6.07) is 12.2. The average Bonchev–Trinajstić information content (AvgIpc) is 2.92. The van der Waals surface area contributed by atoms with Crippen LogP contribution in [-0.4, -0.2) is 17.1 Å². The molecule has 124 valence electrons. The molecular formula is C18H12Cl2N4O. The van der Waals surface area contributed by atoms with E-state index in [1.165, 1.54) is 6.21 Å². The highest BCUT2D eigenvalue weighted by atomic mass is 35.5. The first-order chi connectivity index (χ1) is 12.0. The van der Waals surface area contributed by atoms with Crippen molar-refractivity contribution in [3.8, 4) is 6.07 Å². The number of hydrogen-bond donors (Lipinski definition) is 2. The monoisotopic (exact) mass is 370 g/mol. The van der Waals surface area contributed by atoms with E-state index < -0.39 is 0 Å². The number of aromatic amines is 1. The van der Waals surface area contributed by atoms with Crippen LogP contribution >= 0.6 is 23.2 Å². The van der Waals surface area contributed by atoms with Gasteiger partial charge in [-0.1, -0.05) is 35.3 Å². The molecule has 1 heterocycles. The maximum atomic E-state index is 12.3. The number of halogens is 2. The van der Waals surface area contributed by atoms with Gasteiger partial charge in [-0.15, -0.1) is 0 Å². The molecule has 7 heteroatoms. The normalized spacial score (nSPS) is 11.0. The number of H-pyrrole nitrogens is 1. The summed E-state index contributed by atoms with van der Waals surface area (Å²) in [5.74, 6) is -0.384. The van der Waals surface area contributed by atoms with Gasteiger partial charge in [-0.05, 0) is 42.3 Å². The molecule has 0 aliphatic heterocycles. The van der Waals surface area contributed by atoms with E-state index in [1.54, 1.807) is 43.3 Å². The Bertz CT molecular complexity index is 1030. The zero-order valence-electron chi connectivity index (χ0n) is 13.1. The number of hydrogen-bond acceptors (Lipinski definition) is 3. The molecule has 0 aliphatic rings. The van der Waals surface area contributed by atoms with Crippen LogP contribution < -0.4 is 5.43 Å². The van der Waals surface area contributed by atoms with Crippen molar-refractivity contribution in [2.24, 2.45) is 5.10 Å². The molecule has 0 saturated heterocycles. The Kier molecular flexibility index (Phi) is 4.75. The number of carbonyl (C=O) groups is 1. The van der Waals surface area contributed by atoms with E-state index >= 15 is 0 Å². The first kappa shape index (κ1) is 17.0. The molecule has 0 saturated carbocycles. The largest absolute Gasteiger partial charge is 0.350 e. The number of carbonyl (C=O) groups excluding carboxylic acids is 1. The fraction of sp³-hybridized carbons (Fsp3) is 0.0556. The molecule has 5 nitrogen and oxygen atoms in total. The molecule has 0 unspecified atom stereocenters. The Morgan fingerprint density at radius 1 is 1.28 bits per heavy atom. The fourth-order valence-electron chi connectivity index (χ4n) is 2.50. The van der Waals surface area contributed by atoms with Crippen molar-refractivity contribution in [1.82, 2.24) is 10.4 Å². The summed E-state index contributed by atoms with van der Waals surface area (Å²) in [6.45, 7) is 1.80. The maximum absolute atomic E-state index is 12.3. The molecule has 0 spiro atoms. The van der Waals surface area contributed by atoms with E-state index in [0.29, 0.717) is 26.8 Å². The predicted molar refractivity (Wildman–Crippen MR) is 99.3 cm³/mol. The molecule has 3 aromatic rings. The molecule has 2 N–H and O–H groups in total. The van der Waals surface area contributed by atoms with Crippen LogP contribution in [0.15, 0.2) is 41.5 Å². The van der Waals surface area contributed by atoms with Crippen LogP contribution in [0.2, 0.25) is 10.0 Å². The molecule has 2 aromatic carbocycles. The van der Waals surface area contributed by atoms with Gasteiger partial charge < -0.3 is 4.98 Å². The van der Waals surface area contributed by atoms with Gasteiger partial charge in [0.25, 0.3) is 5.91 Å². The van der Waals surface area contributed by atoms with Gasteiger partial charge in [-0.25, -0.2) is 5.43 Å². The van der Waals surface area contributed by atoms with Crippen molar-refractivity contribution in [2.75, 3.05) is 0 Å². The number of nitrogens with zero attached hydrogens (tertiary/aromatic N) is 2. The molecule has 0 bridgehead atoms. The number of hydrazone groups is 1. The van der Waals surface area contributed by atoms with Gasteiger partial charge in [-0.3, -0.25) is 4.79 Å². The lowest BCUT2D eigenvalue weighted by molar-refractivity contribution is 0.0950. The Morgan fingerprint density at radius 3 is 2.68 bits per heavy atom. The average molecular weight is 371 g/mol. The summed E-state index contributed by atoms with van der Waals surface area (Å²) >= 11 is 12.2. The summed E-state index contributed by atoms with van der Waals surface area (Å²) in [5, 5.41) is 14.4. The quantitative estimate of drug-likeness (QED) is 0.528. The van der Waals surface area contributed by atoms with Crippen molar-refractivity contribution in [1.29, 1.82) is 5.26 Å². The zero-order valence-corrected chi connectivity index (χ0v) is 14.6. The minimum Gasteiger partial charge on any atom is -0.350 e. The summed E-state index contributed by atoms with van der Waals surface area (Å²) < 4.78 is 0. The highest BCUT2D eigenvalue weighted by molar-refractivity contribution is 6.39. The Hall–Kier alpha value is -2.81. The van der Waals surface area contributed by atoms with Gasteiger partial charge >= 0.3 is 0 Å². The van der Waals surface area contributed by atoms with Crippen molar-refractivity contribution in [3.63, 3.8) is 0 Å². The smallest absolute Gasteiger partial charge is 0.288 e. The third-order valence-electron chi connectivity index (χ3n) is 3.71. The van der Waals surface area contributed by atoms with Crippen molar-refractivity contribution in [3.05, 3.63) is 68.8 Å². The van der Waals surface area contributed by atoms with Crippen LogP contribution in [0.3, 0.4) is 0 Å². The Labute approximate surface area is 153 Å². The second kappa shape index (κ2) is 6.98. The number of nitriles is 1. The van der Waals surface area contributed by atoms with Gasteiger partial charge in [0.2, 0.25) is 0 Å². The minimum atomic E-state index is -0.384. The van der Waals surface area contributed by atoms with E-state index in [1.807, 2.05) is 6.07 Å². The van der Waals surface area contributed by atoms with Gasteiger partial charge in [0.05, 0.1) is 22.9 Å². The molecular weight excluding hydrogens is 359 g/mol. The van der Waals surface area contributed by atoms with Gasteiger partial charge in [0.1, 0.15) is 5.69 Å². The van der Waals surface area contributed by atoms with E-state index in [0.717, 1.165) is 16.5 Å². The summed E-state index contributed by atoms with van der Waals surface area (Å²) in [4.78, 5) is 15.4. The summed E-state index contributed by atoms with van der Waals surface area (Å²) in [6.07, 6.45) is 1.50. The Morgan fingerprint density at radius 2 is 2.00 bits per heavy atom. The van der Waals surface area contributed by atoms with E-state index in [4.69, 9.17) is 28.5 Å². The minimum absolute atomic E-state index is 0.371. The predicted octanol–water partition coefficient (Wildman–Crippen LogP) is 4.42. The van der Waals surface area contributed by atoms with E-state index in [2.05, 4.69) is 15.5 Å². The summed E-state index contributed by atoms with van der Waals surface area (Å²) in [5.41, 5.74) is 5.58. The molecule has 1 amide bonds. The molecule has 3 rings (SSSR count). The lowest BCUT2D eigenvalue weighted by Gasteiger charge is -1.99. The highest BCUT2D eigenvalue weighted by Crippen LogP contribution is 2.31. The SMILES string of the molecule is Cc1c(C(=O)N/N=C\c2ccc(C#N)cc2)[nH]c2cc(Cl)cc(Cl)c12. The number of nitrogens with one attached hydrogen (secondary N) is 2. The molecule has 0 fully saturated rings. The van der Waals surface area contributed by atoms with Crippen LogP contribution in [-0.2, 0) is 0 Å². The molecule has 0 aliphatic carbocycles. The third-order valence-corrected chi connectivity index (χ3v) is 4.23. The lowest BCUT2D eigenvalue weighted by atomic mass is 10.1. The van der Waals surface area contributed by atoms with Gasteiger partial charge in [-0.2, -0.15) is 10.4 Å². The second-order valence-corrected chi connectivity index (χ2v) is 6.21. The second-order valence-electron chi connectivity index (χ2n) is 5.37. The number of amides is 1. The lowest BCUT2D eigenvalue weighted by Crippen LogP contribution is -2.18. The molecule has 25 heavy (non-hydrogen) atoms. The first-order valence-corrected chi connectivity index (χ1v) is 8.06. The highest BCUT2D eigenvalue weighted by Gasteiger charge is 2.16. The van der Waals surface area contributed by atoms with Crippen LogP contribution in [0.4, 0.5) is 0 Å². The molecule has 1 aromatic heterocycles. The van der Waals surface area contributed by atoms with Crippen LogP contribution in [0, 0.1) is 18.3 Å². The van der Waals surface area contributed by atoms with Crippen molar-refractivity contribution in [2.45, 2.75) is 6.92 Å². The summed E-state index contributed by atoms with van der Waals surface area (Å²) in [7, 11) is 0. The number of benzene rings is 2. The Balaban J connectivity index is 1.80. The standard InChI is InChI=1S/C18H12Cl2N4O/c1-10-16-14(20)6-13(19)7-15(16)23-17(10)18(25)24-22-9-12-4-2-11(8-21)3-5-12/h2-7,9,23H,1H3,(H,24,25)/b22-9-. The van der Waals surface area contributed by atoms with Crippen LogP contribution in [0.1, 0.15) is 27.2 Å². The topological polar surface area (TPSA) is 81.0 Å². The van der Waals surface area contributed by atoms with Crippen LogP contribution in [0.5, 0.6) is 0 Å². The fourth-order valence-corrected chi connectivity index (χ4v) is 3.13. The van der Waals surface area contributed by atoms with Crippen molar-refractivity contribution >= 4 is 46.2 Å². The van der Waals surface area contributed by atoms with Gasteiger partial charge in [0.15, 0.2) is 0 Å². The van der Waals surface area contributed by atoms with Gasteiger partial charge in [0, 0.05) is 15.9 Å². The number of aryl methyl sites for hydroxylation is 1. The van der Waals surface area contributed by atoms with Crippen molar-refractivity contribution < 1.29 is 4.79 Å². The molecule has 0 radical (unpaired) electrons. The zero-order chi connectivity index (χ0) is 18.0. The maximum Gasteiger partial charge on any atom is 0.288 e. The molecule has 0 atom stereocenters. The van der Waals surface area contributed by atoms with E-state index in [9.17, 15) is 4.79 Å². The van der Waals surface area contributed by atoms with E-state index in [-0.39, 0.29) is 5.91 Å². The third kappa shape index (κ3) is 3.50. The van der Waals surface area contributed by atoms with Crippen LogP contribution in [0.25, 0.3) is 10.9 Å². The number of fused-ring (bicyclic) bond motifs is 1. The number of rotatable bonds is 3.